The molecule has 20 heavy (non-hydrogen) atoms. The van der Waals surface area contributed by atoms with Crippen LogP contribution in [0.2, 0.25) is 0 Å². The lowest BCUT2D eigenvalue weighted by molar-refractivity contribution is -0.389. The molecule has 2 rings (SSSR count). The minimum atomic E-state index is -3.65. The Morgan fingerprint density at radius 2 is 2.25 bits per heavy atom. The van der Waals surface area contributed by atoms with Crippen molar-refractivity contribution in [2.45, 2.75) is 24.3 Å². The largest absolute Gasteiger partial charge is 0.363 e. The van der Waals surface area contributed by atoms with Crippen LogP contribution in [0.25, 0.3) is 0 Å². The maximum Gasteiger partial charge on any atom is 0.363 e. The predicted molar refractivity (Wildman–Crippen MR) is 71.4 cm³/mol. The number of sulfonamides is 1. The predicted octanol–water partition coefficient (Wildman–Crippen LogP) is 0.348. The molecular weight excluding hydrogens is 284 g/mol. The van der Waals surface area contributed by atoms with Gasteiger partial charge < -0.3 is 15.8 Å². The van der Waals surface area contributed by atoms with Crippen molar-refractivity contribution in [1.29, 1.82) is 0 Å². The molecule has 2 N–H and O–H groups in total. The first-order valence-electron chi connectivity index (χ1n) is 6.18. The Morgan fingerprint density at radius 3 is 2.70 bits per heavy atom. The van der Waals surface area contributed by atoms with Gasteiger partial charge in [-0.05, 0) is 35.2 Å². The van der Waals surface area contributed by atoms with Gasteiger partial charge in [-0.25, -0.2) is 8.42 Å². The molecule has 2 atom stereocenters. The maximum atomic E-state index is 12.4. The second-order valence-electron chi connectivity index (χ2n) is 4.88. The Hall–Kier alpha value is -1.58. The normalized spacial score (nSPS) is 21.8. The third-order valence-corrected chi connectivity index (χ3v) is 5.33. The van der Waals surface area contributed by atoms with Gasteiger partial charge in [0.05, 0.1) is 0 Å². The summed E-state index contributed by atoms with van der Waals surface area (Å²) >= 11 is 0. The highest BCUT2D eigenvalue weighted by Gasteiger charge is 2.34. The van der Waals surface area contributed by atoms with Crippen molar-refractivity contribution in [2.75, 3.05) is 13.1 Å². The van der Waals surface area contributed by atoms with Gasteiger partial charge in [-0.2, -0.15) is 4.31 Å². The van der Waals surface area contributed by atoms with Gasteiger partial charge in [-0.15, -0.1) is 0 Å². The molecule has 0 spiro atoms. The van der Waals surface area contributed by atoms with Crippen molar-refractivity contribution < 1.29 is 13.3 Å². The molecule has 0 radical (unpaired) electrons. The summed E-state index contributed by atoms with van der Waals surface area (Å²) in [4.78, 5) is 13.3. The van der Waals surface area contributed by atoms with Crippen molar-refractivity contribution >= 4 is 15.8 Å². The Kier molecular flexibility index (Phi) is 4.02. The standard InChI is InChI=1S/C11H16N4O4S/c1-8(12)9-4-5-14(7-9)20(18,19)10-2-3-11(13-6-10)15(16)17/h2-3,6,8-9H,4-5,7,12H2,1H3. The van der Waals surface area contributed by atoms with Crippen LogP contribution in [-0.2, 0) is 10.0 Å². The molecule has 0 saturated carbocycles. The van der Waals surface area contributed by atoms with Gasteiger partial charge in [0.2, 0.25) is 10.0 Å². The summed E-state index contributed by atoms with van der Waals surface area (Å²) in [5.74, 6) is -0.241. The van der Waals surface area contributed by atoms with E-state index in [1.54, 1.807) is 0 Å². The Morgan fingerprint density at radius 1 is 1.55 bits per heavy atom. The molecule has 1 aliphatic rings. The second kappa shape index (κ2) is 5.43. The van der Waals surface area contributed by atoms with Gasteiger partial charge in [0.1, 0.15) is 4.90 Å². The molecule has 1 aromatic rings. The van der Waals surface area contributed by atoms with Gasteiger partial charge in [0.25, 0.3) is 0 Å². The molecular formula is C11H16N4O4S. The first-order chi connectivity index (χ1) is 9.32. The average molecular weight is 300 g/mol. The minimum Gasteiger partial charge on any atom is -0.358 e. The summed E-state index contributed by atoms with van der Waals surface area (Å²) in [6, 6.07) is 2.23. The van der Waals surface area contributed by atoms with Gasteiger partial charge in [0, 0.05) is 25.2 Å². The van der Waals surface area contributed by atoms with Crippen molar-refractivity contribution in [2.24, 2.45) is 11.7 Å². The van der Waals surface area contributed by atoms with Gasteiger partial charge in [0.15, 0.2) is 6.20 Å². The fraction of sp³-hybridized carbons (Fsp3) is 0.545. The van der Waals surface area contributed by atoms with Crippen molar-refractivity contribution in [3.63, 3.8) is 0 Å². The van der Waals surface area contributed by atoms with Crippen LogP contribution in [0.3, 0.4) is 0 Å². The maximum absolute atomic E-state index is 12.4. The fourth-order valence-corrected chi connectivity index (χ4v) is 3.64. The van der Waals surface area contributed by atoms with Gasteiger partial charge in [-0.3, -0.25) is 0 Å². The molecule has 1 saturated heterocycles. The molecule has 110 valence electrons. The average Bonchev–Trinajstić information content (AvgIpc) is 2.89. The first kappa shape index (κ1) is 14.8. The van der Waals surface area contributed by atoms with Gasteiger partial charge in [-0.1, -0.05) is 0 Å². The first-order valence-corrected chi connectivity index (χ1v) is 7.62. The van der Waals surface area contributed by atoms with Crippen LogP contribution in [0.1, 0.15) is 13.3 Å². The molecule has 8 nitrogen and oxygen atoms in total. The number of nitrogens with zero attached hydrogens (tertiary/aromatic N) is 3. The lowest BCUT2D eigenvalue weighted by Crippen LogP contribution is -2.33. The van der Waals surface area contributed by atoms with E-state index in [4.69, 9.17) is 5.73 Å². The fourth-order valence-electron chi connectivity index (χ4n) is 2.18. The molecule has 1 fully saturated rings. The molecule has 1 aromatic heterocycles. The SMILES string of the molecule is CC(N)C1CCN(S(=O)(=O)c2ccc([N+](=O)[O-])nc2)C1. The lowest BCUT2D eigenvalue weighted by Gasteiger charge is -2.17. The number of hydrogen-bond acceptors (Lipinski definition) is 6. The van der Waals surface area contributed by atoms with E-state index >= 15 is 0 Å². The smallest absolute Gasteiger partial charge is 0.358 e. The summed E-state index contributed by atoms with van der Waals surface area (Å²) in [7, 11) is -3.65. The highest BCUT2D eigenvalue weighted by molar-refractivity contribution is 7.89. The van der Waals surface area contributed by atoms with Crippen LogP contribution in [0.15, 0.2) is 23.2 Å². The van der Waals surface area contributed by atoms with Crippen molar-refractivity contribution in [3.05, 3.63) is 28.4 Å². The van der Waals surface area contributed by atoms with E-state index in [0.717, 1.165) is 18.7 Å². The molecule has 0 aromatic carbocycles. The number of nitrogens with two attached hydrogens (primary N) is 1. The minimum absolute atomic E-state index is 0.0339. The van der Waals surface area contributed by atoms with Crippen LogP contribution in [0, 0.1) is 16.0 Å². The Bertz CT molecular complexity index is 599. The monoisotopic (exact) mass is 300 g/mol. The van der Waals surface area contributed by atoms with Gasteiger partial charge >= 0.3 is 5.82 Å². The highest BCUT2D eigenvalue weighted by Crippen LogP contribution is 2.25. The molecule has 1 aliphatic heterocycles. The molecule has 0 bridgehead atoms. The molecule has 0 amide bonds. The summed E-state index contributed by atoms with van der Waals surface area (Å²) in [5, 5.41) is 10.5. The molecule has 2 unspecified atom stereocenters. The van der Waals surface area contributed by atoms with E-state index in [2.05, 4.69) is 4.98 Å². The summed E-state index contributed by atoms with van der Waals surface area (Å²) < 4.78 is 26.1. The number of nitro groups is 1. The number of hydrogen-bond donors (Lipinski definition) is 1. The third kappa shape index (κ3) is 2.79. The topological polar surface area (TPSA) is 119 Å². The summed E-state index contributed by atoms with van der Waals surface area (Å²) in [6.07, 6.45) is 1.74. The van der Waals surface area contributed by atoms with E-state index in [0.29, 0.717) is 13.1 Å². The van der Waals surface area contributed by atoms with Crippen molar-refractivity contribution in [3.8, 4) is 0 Å². The zero-order chi connectivity index (χ0) is 14.9. The number of pyridine rings is 1. The van der Waals surface area contributed by atoms with Crippen LogP contribution >= 0.6 is 0 Å². The zero-order valence-electron chi connectivity index (χ0n) is 11.0. The summed E-state index contributed by atoms with van der Waals surface area (Å²) in [5.41, 5.74) is 5.79. The highest BCUT2D eigenvalue weighted by atomic mass is 32.2. The molecule has 9 heteroatoms. The van der Waals surface area contributed by atoms with Crippen LogP contribution in [0.4, 0.5) is 5.82 Å². The van der Waals surface area contributed by atoms with E-state index < -0.39 is 14.9 Å². The van der Waals surface area contributed by atoms with E-state index in [1.807, 2.05) is 6.92 Å². The lowest BCUT2D eigenvalue weighted by atomic mass is 10.0. The van der Waals surface area contributed by atoms with E-state index in [9.17, 15) is 18.5 Å². The Labute approximate surface area is 116 Å². The molecule has 0 aliphatic carbocycles. The van der Waals surface area contributed by atoms with Crippen LogP contribution in [0.5, 0.6) is 0 Å². The quantitative estimate of drug-likeness (QED) is 0.632. The third-order valence-electron chi connectivity index (χ3n) is 3.48. The van der Waals surface area contributed by atoms with Crippen molar-refractivity contribution in [1.82, 2.24) is 9.29 Å². The number of aromatic nitrogens is 1. The van der Waals surface area contributed by atoms with Crippen LogP contribution < -0.4 is 5.73 Å². The van der Waals surface area contributed by atoms with E-state index in [-0.39, 0.29) is 22.7 Å². The Balaban J connectivity index is 2.21. The van der Waals surface area contributed by atoms with E-state index in [1.165, 1.54) is 10.4 Å². The summed E-state index contributed by atoms with van der Waals surface area (Å²) in [6.45, 7) is 2.64. The van der Waals surface area contributed by atoms with Crippen LogP contribution in [-0.4, -0.2) is 41.8 Å². The number of rotatable bonds is 4. The molecule has 2 heterocycles. The second-order valence-corrected chi connectivity index (χ2v) is 6.82. The zero-order valence-corrected chi connectivity index (χ0v) is 11.8.